The summed E-state index contributed by atoms with van der Waals surface area (Å²) in [5.41, 5.74) is 4.73. The molecule has 5 rings (SSSR count). The molecule has 1 unspecified atom stereocenters. The van der Waals surface area contributed by atoms with Gasteiger partial charge in [-0.05, 0) is 30.0 Å². The molecule has 1 fully saturated rings. The predicted molar refractivity (Wildman–Crippen MR) is 151 cm³/mol. The van der Waals surface area contributed by atoms with Gasteiger partial charge in [-0.3, -0.25) is 4.90 Å². The van der Waals surface area contributed by atoms with Crippen molar-refractivity contribution in [3.8, 4) is 11.4 Å². The zero-order valence-corrected chi connectivity index (χ0v) is 21.9. The Labute approximate surface area is 224 Å². The smallest absolute Gasteiger partial charge is 0.161 e. The highest BCUT2D eigenvalue weighted by molar-refractivity contribution is 5.61. The Morgan fingerprint density at radius 3 is 2.18 bits per heavy atom. The van der Waals surface area contributed by atoms with Crippen molar-refractivity contribution in [3.63, 3.8) is 0 Å². The van der Waals surface area contributed by atoms with E-state index in [2.05, 4.69) is 28.9 Å². The molecule has 0 saturated carbocycles. The molecule has 1 aromatic heterocycles. The van der Waals surface area contributed by atoms with Crippen LogP contribution in [0.3, 0.4) is 0 Å². The first-order chi connectivity index (χ1) is 18.6. The molecule has 196 valence electrons. The molecule has 38 heavy (non-hydrogen) atoms. The number of hydrogen-bond donors (Lipinski definition) is 1. The molecule has 0 amide bonds. The van der Waals surface area contributed by atoms with E-state index in [9.17, 15) is 9.50 Å². The zero-order chi connectivity index (χ0) is 26.3. The summed E-state index contributed by atoms with van der Waals surface area (Å²) in [5, 5.41) is 10.7. The molecule has 0 radical (unpaired) electrons. The van der Waals surface area contributed by atoms with E-state index in [0.29, 0.717) is 30.8 Å². The first-order valence-corrected chi connectivity index (χ1v) is 13.5. The van der Waals surface area contributed by atoms with Crippen molar-refractivity contribution in [2.45, 2.75) is 32.3 Å². The second kappa shape index (κ2) is 12.3. The van der Waals surface area contributed by atoms with Crippen molar-refractivity contribution in [3.05, 3.63) is 113 Å². The summed E-state index contributed by atoms with van der Waals surface area (Å²) in [7, 11) is 0. The lowest BCUT2D eigenvalue weighted by Gasteiger charge is -2.37. The van der Waals surface area contributed by atoms with Gasteiger partial charge in [0.05, 0.1) is 6.10 Å². The number of nitrogens with zero attached hydrogens (tertiary/aromatic N) is 4. The minimum Gasteiger partial charge on any atom is -0.391 e. The molecular formula is C32H35FN4O. The summed E-state index contributed by atoms with van der Waals surface area (Å²) in [5.74, 6) is 1.39. The Morgan fingerprint density at radius 1 is 0.842 bits per heavy atom. The van der Waals surface area contributed by atoms with E-state index in [0.717, 1.165) is 60.8 Å². The molecule has 1 N–H and O–H groups in total. The van der Waals surface area contributed by atoms with E-state index < -0.39 is 6.10 Å². The molecule has 0 bridgehead atoms. The second-order valence-corrected chi connectivity index (χ2v) is 9.92. The molecule has 1 aliphatic rings. The van der Waals surface area contributed by atoms with Crippen LogP contribution < -0.4 is 4.90 Å². The van der Waals surface area contributed by atoms with Gasteiger partial charge in [-0.1, -0.05) is 85.8 Å². The summed E-state index contributed by atoms with van der Waals surface area (Å²) in [6, 6.07) is 27.1. The van der Waals surface area contributed by atoms with Crippen molar-refractivity contribution < 1.29 is 9.50 Å². The molecule has 0 aliphatic carbocycles. The highest BCUT2D eigenvalue weighted by atomic mass is 19.1. The van der Waals surface area contributed by atoms with Crippen LogP contribution >= 0.6 is 0 Å². The van der Waals surface area contributed by atoms with E-state index in [4.69, 9.17) is 9.97 Å². The van der Waals surface area contributed by atoms with Crippen molar-refractivity contribution in [2.24, 2.45) is 0 Å². The highest BCUT2D eigenvalue weighted by Gasteiger charge is 2.25. The van der Waals surface area contributed by atoms with Crippen LogP contribution in [0.5, 0.6) is 0 Å². The summed E-state index contributed by atoms with van der Waals surface area (Å²) in [4.78, 5) is 14.6. The molecule has 4 aromatic rings. The van der Waals surface area contributed by atoms with Gasteiger partial charge in [-0.2, -0.15) is 0 Å². The minimum atomic E-state index is -0.406. The molecule has 3 aromatic carbocycles. The third-order valence-corrected chi connectivity index (χ3v) is 7.22. The normalized spacial score (nSPS) is 15.0. The van der Waals surface area contributed by atoms with Gasteiger partial charge in [0.2, 0.25) is 0 Å². The van der Waals surface area contributed by atoms with E-state index >= 15 is 0 Å². The Hall–Kier alpha value is -3.61. The lowest BCUT2D eigenvalue weighted by molar-refractivity contribution is 0.109. The number of aryl methyl sites for hydroxylation is 1. The first kappa shape index (κ1) is 26.0. The van der Waals surface area contributed by atoms with Gasteiger partial charge in [0.1, 0.15) is 11.6 Å². The number of hydrogen-bond acceptors (Lipinski definition) is 5. The lowest BCUT2D eigenvalue weighted by Crippen LogP contribution is -2.49. The Bertz CT molecular complexity index is 1320. The van der Waals surface area contributed by atoms with Crippen molar-refractivity contribution in [1.82, 2.24) is 14.9 Å². The molecule has 2 heterocycles. The quantitative estimate of drug-likeness (QED) is 0.337. The van der Waals surface area contributed by atoms with E-state index in [1.54, 1.807) is 6.07 Å². The molecule has 1 saturated heterocycles. The topological polar surface area (TPSA) is 52.5 Å². The standard InChI is InChI=1S/C32H35FN4O/c1-2-30-28(22-26-15-9-10-16-29(26)33)32(35-31(34-30)25-13-7-4-8-14-25)37-19-17-36(18-20-37)23-27(38)21-24-11-5-3-6-12-24/h3-16,27,38H,2,17-23H2,1H3. The number of aliphatic hydroxyl groups is 1. The Morgan fingerprint density at radius 2 is 1.50 bits per heavy atom. The monoisotopic (exact) mass is 510 g/mol. The van der Waals surface area contributed by atoms with Crippen LogP contribution in [0.25, 0.3) is 11.4 Å². The number of anilines is 1. The molecule has 0 spiro atoms. The number of β-amino-alcohol motifs (C(OH)–C–C–N with tert-alkyl or cyclic N) is 1. The number of rotatable bonds is 9. The molecule has 5 nitrogen and oxygen atoms in total. The maximum atomic E-state index is 14.7. The maximum absolute atomic E-state index is 14.7. The zero-order valence-electron chi connectivity index (χ0n) is 21.9. The van der Waals surface area contributed by atoms with Gasteiger partial charge in [0.15, 0.2) is 5.82 Å². The van der Waals surface area contributed by atoms with Gasteiger partial charge in [-0.15, -0.1) is 0 Å². The summed E-state index contributed by atoms with van der Waals surface area (Å²) in [6.07, 6.45) is 1.44. The van der Waals surface area contributed by atoms with Crippen LogP contribution in [0.15, 0.2) is 84.9 Å². The lowest BCUT2D eigenvalue weighted by atomic mass is 10.0. The fourth-order valence-electron chi connectivity index (χ4n) is 5.19. The first-order valence-electron chi connectivity index (χ1n) is 13.5. The summed E-state index contributed by atoms with van der Waals surface area (Å²) < 4.78 is 14.7. The van der Waals surface area contributed by atoms with E-state index in [1.165, 1.54) is 6.07 Å². The van der Waals surface area contributed by atoms with Crippen LogP contribution in [0.4, 0.5) is 10.2 Å². The van der Waals surface area contributed by atoms with Crippen molar-refractivity contribution >= 4 is 5.82 Å². The van der Waals surface area contributed by atoms with Gasteiger partial charge >= 0.3 is 0 Å². The van der Waals surface area contributed by atoms with E-state index in [-0.39, 0.29) is 5.82 Å². The average Bonchev–Trinajstić information content (AvgIpc) is 2.95. The summed E-state index contributed by atoms with van der Waals surface area (Å²) in [6.45, 7) is 5.98. The fourth-order valence-corrected chi connectivity index (χ4v) is 5.19. The molecule has 1 aliphatic heterocycles. The van der Waals surface area contributed by atoms with Crippen LogP contribution in [-0.4, -0.2) is 58.8 Å². The molecular weight excluding hydrogens is 475 g/mol. The average molecular weight is 511 g/mol. The number of aromatic nitrogens is 2. The van der Waals surface area contributed by atoms with Crippen molar-refractivity contribution in [1.29, 1.82) is 0 Å². The molecule has 1 atom stereocenters. The number of halogens is 1. The number of piperazine rings is 1. The fraction of sp³-hybridized carbons (Fsp3) is 0.312. The van der Waals surface area contributed by atoms with Crippen LogP contribution in [0, 0.1) is 5.82 Å². The highest BCUT2D eigenvalue weighted by Crippen LogP contribution is 2.29. The van der Waals surface area contributed by atoms with E-state index in [1.807, 2.05) is 60.7 Å². The minimum absolute atomic E-state index is 0.204. The SMILES string of the molecule is CCc1nc(-c2ccccc2)nc(N2CCN(CC(O)Cc3ccccc3)CC2)c1Cc1ccccc1F. The Kier molecular flexibility index (Phi) is 8.41. The van der Waals surface area contributed by atoms with Crippen LogP contribution in [-0.2, 0) is 19.3 Å². The van der Waals surface area contributed by atoms with Gasteiger partial charge < -0.3 is 10.0 Å². The van der Waals surface area contributed by atoms with Gasteiger partial charge in [0, 0.05) is 56.0 Å². The number of aliphatic hydroxyl groups excluding tert-OH is 1. The van der Waals surface area contributed by atoms with Gasteiger partial charge in [-0.25, -0.2) is 14.4 Å². The summed E-state index contributed by atoms with van der Waals surface area (Å²) >= 11 is 0. The Balaban J connectivity index is 1.38. The third-order valence-electron chi connectivity index (χ3n) is 7.22. The third kappa shape index (κ3) is 6.26. The second-order valence-electron chi connectivity index (χ2n) is 9.92. The van der Waals surface area contributed by atoms with Gasteiger partial charge in [0.25, 0.3) is 0 Å². The van der Waals surface area contributed by atoms with Crippen LogP contribution in [0.2, 0.25) is 0 Å². The van der Waals surface area contributed by atoms with Crippen molar-refractivity contribution in [2.75, 3.05) is 37.6 Å². The largest absolute Gasteiger partial charge is 0.391 e. The predicted octanol–water partition coefficient (Wildman–Crippen LogP) is 5.16. The maximum Gasteiger partial charge on any atom is 0.161 e. The van der Waals surface area contributed by atoms with Crippen LogP contribution in [0.1, 0.15) is 29.3 Å². The number of benzene rings is 3. The molecule has 6 heteroatoms.